The van der Waals surface area contributed by atoms with Gasteiger partial charge in [-0.3, -0.25) is 0 Å². The highest BCUT2D eigenvalue weighted by atomic mass is 35.5. The number of ether oxygens (including phenoxy) is 1. The van der Waals surface area contributed by atoms with Gasteiger partial charge in [-0.05, 0) is 31.2 Å². The van der Waals surface area contributed by atoms with Gasteiger partial charge in [-0.1, -0.05) is 29.8 Å². The molecule has 0 amide bonds. The van der Waals surface area contributed by atoms with E-state index in [0.717, 1.165) is 11.3 Å². The molecule has 4 nitrogen and oxygen atoms in total. The van der Waals surface area contributed by atoms with Gasteiger partial charge in [-0.2, -0.15) is 0 Å². The fourth-order valence-electron chi connectivity index (χ4n) is 1.93. The molecule has 0 heterocycles. The predicted molar refractivity (Wildman–Crippen MR) is 83.3 cm³/mol. The van der Waals surface area contributed by atoms with Crippen molar-refractivity contribution in [1.82, 2.24) is 0 Å². The fourth-order valence-corrected chi connectivity index (χ4v) is 2.11. The molecular formula is C16H16ClNO3. The summed E-state index contributed by atoms with van der Waals surface area (Å²) in [6.45, 7) is 3.02. The lowest BCUT2D eigenvalue weighted by atomic mass is 10.1. The minimum Gasteiger partial charge on any atom is -0.494 e. The van der Waals surface area contributed by atoms with Crippen molar-refractivity contribution in [2.45, 2.75) is 13.5 Å². The SMILES string of the molecule is CCOc1ccccc1CNc1cc(C(=O)O)ccc1Cl. The quantitative estimate of drug-likeness (QED) is 0.845. The number of anilines is 1. The summed E-state index contributed by atoms with van der Waals surface area (Å²) in [5, 5.41) is 12.6. The minimum atomic E-state index is -0.982. The zero-order valence-electron chi connectivity index (χ0n) is 11.6. The van der Waals surface area contributed by atoms with Gasteiger partial charge in [-0.25, -0.2) is 4.79 Å². The van der Waals surface area contributed by atoms with Crippen molar-refractivity contribution in [2.24, 2.45) is 0 Å². The number of carboxylic acid groups (broad SMARTS) is 1. The molecule has 0 unspecified atom stereocenters. The average Bonchev–Trinajstić information content (AvgIpc) is 2.48. The summed E-state index contributed by atoms with van der Waals surface area (Å²) in [5.74, 6) is -0.178. The second-order valence-corrected chi connectivity index (χ2v) is 4.80. The van der Waals surface area contributed by atoms with Gasteiger partial charge in [0.2, 0.25) is 0 Å². The van der Waals surface area contributed by atoms with E-state index < -0.39 is 5.97 Å². The number of halogens is 1. The minimum absolute atomic E-state index is 0.194. The van der Waals surface area contributed by atoms with Crippen LogP contribution in [0.1, 0.15) is 22.8 Å². The summed E-state index contributed by atoms with van der Waals surface area (Å²) in [4.78, 5) is 11.0. The van der Waals surface area contributed by atoms with Crippen molar-refractivity contribution in [3.63, 3.8) is 0 Å². The van der Waals surface area contributed by atoms with Crippen LogP contribution in [0.5, 0.6) is 5.75 Å². The Bertz CT molecular complexity index is 643. The summed E-state index contributed by atoms with van der Waals surface area (Å²) in [5.41, 5.74) is 1.76. The smallest absolute Gasteiger partial charge is 0.335 e. The second kappa shape index (κ2) is 6.99. The maximum absolute atomic E-state index is 11.0. The summed E-state index contributed by atoms with van der Waals surface area (Å²) in [7, 11) is 0. The third kappa shape index (κ3) is 3.89. The van der Waals surface area contributed by atoms with E-state index in [9.17, 15) is 4.79 Å². The van der Waals surface area contributed by atoms with Gasteiger partial charge in [0.25, 0.3) is 0 Å². The fraction of sp³-hybridized carbons (Fsp3) is 0.188. The Morgan fingerprint density at radius 1 is 1.29 bits per heavy atom. The molecule has 0 aliphatic carbocycles. The Morgan fingerprint density at radius 2 is 2.05 bits per heavy atom. The topological polar surface area (TPSA) is 58.6 Å². The van der Waals surface area contributed by atoms with Gasteiger partial charge in [0, 0.05) is 12.1 Å². The molecule has 21 heavy (non-hydrogen) atoms. The third-order valence-corrected chi connectivity index (χ3v) is 3.28. The largest absolute Gasteiger partial charge is 0.494 e. The van der Waals surface area contributed by atoms with E-state index >= 15 is 0 Å². The Kier molecular flexibility index (Phi) is 5.06. The van der Waals surface area contributed by atoms with Crippen LogP contribution in [0.3, 0.4) is 0 Å². The van der Waals surface area contributed by atoms with Crippen molar-refractivity contribution in [3.05, 3.63) is 58.6 Å². The lowest BCUT2D eigenvalue weighted by Crippen LogP contribution is -2.05. The molecule has 5 heteroatoms. The monoisotopic (exact) mass is 305 g/mol. The van der Waals surface area contributed by atoms with E-state index in [4.69, 9.17) is 21.4 Å². The van der Waals surface area contributed by atoms with Crippen molar-refractivity contribution in [2.75, 3.05) is 11.9 Å². The van der Waals surface area contributed by atoms with E-state index in [0.29, 0.717) is 23.9 Å². The van der Waals surface area contributed by atoms with Crippen LogP contribution >= 0.6 is 11.6 Å². The first-order valence-corrected chi connectivity index (χ1v) is 6.97. The predicted octanol–water partition coefficient (Wildman–Crippen LogP) is 4.05. The number of para-hydroxylation sites is 1. The number of rotatable bonds is 6. The number of carboxylic acids is 1. The Balaban J connectivity index is 2.16. The second-order valence-electron chi connectivity index (χ2n) is 4.39. The van der Waals surface area contributed by atoms with Crippen LogP contribution in [-0.2, 0) is 6.54 Å². The molecule has 2 aromatic rings. The molecule has 0 aliphatic rings. The summed E-state index contributed by atoms with van der Waals surface area (Å²) in [6.07, 6.45) is 0. The first-order chi connectivity index (χ1) is 10.1. The summed E-state index contributed by atoms with van der Waals surface area (Å²) < 4.78 is 5.55. The van der Waals surface area contributed by atoms with Gasteiger partial charge in [0.05, 0.1) is 22.9 Å². The van der Waals surface area contributed by atoms with Crippen LogP contribution in [0, 0.1) is 0 Å². The van der Waals surface area contributed by atoms with Crippen molar-refractivity contribution >= 4 is 23.3 Å². The van der Waals surface area contributed by atoms with Crippen molar-refractivity contribution in [3.8, 4) is 5.75 Å². The Morgan fingerprint density at radius 3 is 2.76 bits per heavy atom. The molecular weight excluding hydrogens is 290 g/mol. The van der Waals surface area contributed by atoms with E-state index in [1.807, 2.05) is 31.2 Å². The number of hydrogen-bond donors (Lipinski definition) is 2. The zero-order valence-corrected chi connectivity index (χ0v) is 12.4. The van der Waals surface area contributed by atoms with E-state index in [1.165, 1.54) is 12.1 Å². The Labute approximate surface area is 128 Å². The number of benzene rings is 2. The van der Waals surface area contributed by atoms with Gasteiger partial charge >= 0.3 is 5.97 Å². The standard InChI is InChI=1S/C16H16ClNO3/c1-2-21-15-6-4-3-5-12(15)10-18-14-9-11(16(19)20)7-8-13(14)17/h3-9,18H,2,10H2,1H3,(H,19,20). The maximum Gasteiger partial charge on any atom is 0.335 e. The van der Waals surface area contributed by atoms with Gasteiger partial charge < -0.3 is 15.2 Å². The molecule has 0 aliphatic heterocycles. The Hall–Kier alpha value is -2.20. The molecule has 0 bridgehead atoms. The molecule has 0 atom stereocenters. The van der Waals surface area contributed by atoms with Crippen LogP contribution in [0.25, 0.3) is 0 Å². The highest BCUT2D eigenvalue weighted by molar-refractivity contribution is 6.33. The lowest BCUT2D eigenvalue weighted by Gasteiger charge is -2.13. The molecule has 0 saturated heterocycles. The zero-order chi connectivity index (χ0) is 15.2. The normalized spacial score (nSPS) is 10.2. The molecule has 110 valence electrons. The average molecular weight is 306 g/mol. The molecule has 0 aromatic heterocycles. The number of carbonyl (C=O) groups is 1. The van der Waals surface area contributed by atoms with Gasteiger partial charge in [-0.15, -0.1) is 0 Å². The molecule has 0 fully saturated rings. The molecule has 0 saturated carbocycles. The summed E-state index contributed by atoms with van der Waals surface area (Å²) in [6, 6.07) is 12.3. The third-order valence-electron chi connectivity index (χ3n) is 2.96. The first-order valence-electron chi connectivity index (χ1n) is 6.59. The van der Waals surface area contributed by atoms with Gasteiger partial charge in [0.15, 0.2) is 0 Å². The van der Waals surface area contributed by atoms with Crippen LogP contribution in [0.2, 0.25) is 5.02 Å². The van der Waals surface area contributed by atoms with Crippen molar-refractivity contribution < 1.29 is 14.6 Å². The van der Waals surface area contributed by atoms with Crippen LogP contribution in [-0.4, -0.2) is 17.7 Å². The van der Waals surface area contributed by atoms with E-state index in [1.54, 1.807) is 6.07 Å². The molecule has 0 radical (unpaired) electrons. The molecule has 2 N–H and O–H groups in total. The summed E-state index contributed by atoms with van der Waals surface area (Å²) >= 11 is 6.08. The highest BCUT2D eigenvalue weighted by Crippen LogP contribution is 2.25. The maximum atomic E-state index is 11.0. The van der Waals surface area contributed by atoms with Crippen LogP contribution in [0.15, 0.2) is 42.5 Å². The van der Waals surface area contributed by atoms with Gasteiger partial charge in [0.1, 0.15) is 5.75 Å². The van der Waals surface area contributed by atoms with E-state index in [2.05, 4.69) is 5.32 Å². The molecule has 0 spiro atoms. The lowest BCUT2D eigenvalue weighted by molar-refractivity contribution is 0.0697. The number of hydrogen-bond acceptors (Lipinski definition) is 3. The number of aromatic carboxylic acids is 1. The van der Waals surface area contributed by atoms with Crippen LogP contribution < -0.4 is 10.1 Å². The van der Waals surface area contributed by atoms with Crippen LogP contribution in [0.4, 0.5) is 5.69 Å². The highest BCUT2D eigenvalue weighted by Gasteiger charge is 2.08. The molecule has 2 aromatic carbocycles. The number of nitrogens with one attached hydrogen (secondary N) is 1. The van der Waals surface area contributed by atoms with E-state index in [-0.39, 0.29) is 5.56 Å². The first kappa shape index (κ1) is 15.2. The molecule has 2 rings (SSSR count). The van der Waals surface area contributed by atoms with Crippen molar-refractivity contribution in [1.29, 1.82) is 0 Å².